The number of piperidine rings is 1. The average molecular weight is 239 g/mol. The molecule has 1 fully saturated rings. The Kier molecular flexibility index (Phi) is 2.78. The summed E-state index contributed by atoms with van der Waals surface area (Å²) >= 11 is 0. The van der Waals surface area contributed by atoms with E-state index in [2.05, 4.69) is 48.2 Å². The van der Waals surface area contributed by atoms with Crippen molar-refractivity contribution in [3.05, 3.63) is 42.0 Å². The molecule has 0 radical (unpaired) electrons. The van der Waals surface area contributed by atoms with Crippen LogP contribution in [0.5, 0.6) is 0 Å². The Morgan fingerprint density at radius 1 is 1.00 bits per heavy atom. The van der Waals surface area contributed by atoms with E-state index in [1.165, 1.54) is 22.0 Å². The van der Waals surface area contributed by atoms with Crippen LogP contribution in [0, 0.1) is 6.92 Å². The van der Waals surface area contributed by atoms with Gasteiger partial charge < -0.3 is 4.90 Å². The molecule has 0 N–H and O–H groups in total. The van der Waals surface area contributed by atoms with E-state index in [4.69, 9.17) is 0 Å². The summed E-state index contributed by atoms with van der Waals surface area (Å²) < 4.78 is 0. The van der Waals surface area contributed by atoms with Crippen molar-refractivity contribution < 1.29 is 4.79 Å². The van der Waals surface area contributed by atoms with Crippen LogP contribution in [0.3, 0.4) is 0 Å². The lowest BCUT2D eigenvalue weighted by molar-refractivity contribution is -0.119. The number of fused-ring (bicyclic) bond motifs is 1. The van der Waals surface area contributed by atoms with Crippen LogP contribution in [0.4, 0.5) is 5.69 Å². The van der Waals surface area contributed by atoms with Crippen molar-refractivity contribution in [3.8, 4) is 0 Å². The van der Waals surface area contributed by atoms with Crippen molar-refractivity contribution in [1.82, 2.24) is 0 Å². The zero-order chi connectivity index (χ0) is 12.5. The number of anilines is 1. The molecule has 2 nitrogen and oxygen atoms in total. The zero-order valence-corrected chi connectivity index (χ0v) is 10.6. The van der Waals surface area contributed by atoms with Crippen molar-refractivity contribution >= 4 is 22.2 Å². The van der Waals surface area contributed by atoms with Crippen LogP contribution >= 0.6 is 0 Å². The molecule has 3 rings (SSSR count). The van der Waals surface area contributed by atoms with E-state index in [1.54, 1.807) is 0 Å². The van der Waals surface area contributed by atoms with Crippen molar-refractivity contribution in [1.29, 1.82) is 0 Å². The maximum atomic E-state index is 11.4. The SMILES string of the molecule is Cc1ccc2ccccc2c1N1CCC(=O)CC1. The van der Waals surface area contributed by atoms with Gasteiger partial charge in [-0.3, -0.25) is 4.79 Å². The number of rotatable bonds is 1. The highest BCUT2D eigenvalue weighted by Gasteiger charge is 2.19. The highest BCUT2D eigenvalue weighted by Crippen LogP contribution is 2.31. The molecule has 0 unspecified atom stereocenters. The molecule has 0 saturated carbocycles. The summed E-state index contributed by atoms with van der Waals surface area (Å²) in [6, 6.07) is 12.8. The quantitative estimate of drug-likeness (QED) is 0.761. The fourth-order valence-electron chi connectivity index (χ4n) is 2.76. The Morgan fingerprint density at radius 3 is 2.50 bits per heavy atom. The summed E-state index contributed by atoms with van der Waals surface area (Å²) in [6.07, 6.45) is 1.37. The Balaban J connectivity index is 2.10. The van der Waals surface area contributed by atoms with Gasteiger partial charge in [0, 0.05) is 37.0 Å². The molecule has 2 aromatic carbocycles. The van der Waals surface area contributed by atoms with Crippen molar-refractivity contribution in [2.75, 3.05) is 18.0 Å². The number of carbonyl (C=O) groups excluding carboxylic acids is 1. The summed E-state index contributed by atoms with van der Waals surface area (Å²) in [4.78, 5) is 13.7. The Hall–Kier alpha value is -1.83. The van der Waals surface area contributed by atoms with E-state index in [1.807, 2.05) is 0 Å². The topological polar surface area (TPSA) is 20.3 Å². The Bertz CT molecular complexity index is 593. The summed E-state index contributed by atoms with van der Waals surface area (Å²) in [7, 11) is 0. The monoisotopic (exact) mass is 239 g/mol. The second-order valence-corrected chi connectivity index (χ2v) is 4.98. The van der Waals surface area contributed by atoms with Crippen LogP contribution in [0.2, 0.25) is 0 Å². The molecule has 1 heterocycles. The molecule has 2 heteroatoms. The number of aryl methyl sites for hydroxylation is 1. The standard InChI is InChI=1S/C16H17NO/c1-12-6-7-13-4-2-3-5-15(13)16(12)17-10-8-14(18)9-11-17/h2-7H,8-11H2,1H3. The maximum absolute atomic E-state index is 11.4. The summed E-state index contributed by atoms with van der Waals surface area (Å²) in [5.74, 6) is 0.393. The molecule has 92 valence electrons. The number of nitrogens with zero attached hydrogens (tertiary/aromatic N) is 1. The van der Waals surface area contributed by atoms with Gasteiger partial charge in [0.15, 0.2) is 0 Å². The second-order valence-electron chi connectivity index (χ2n) is 4.98. The minimum atomic E-state index is 0.393. The fourth-order valence-corrected chi connectivity index (χ4v) is 2.76. The molecule has 0 atom stereocenters. The number of carbonyl (C=O) groups is 1. The van der Waals surface area contributed by atoms with Crippen LogP contribution < -0.4 is 4.90 Å². The normalized spacial score (nSPS) is 16.3. The van der Waals surface area contributed by atoms with Gasteiger partial charge in [0.25, 0.3) is 0 Å². The van der Waals surface area contributed by atoms with Crippen LogP contribution in [0.15, 0.2) is 36.4 Å². The predicted molar refractivity (Wildman–Crippen MR) is 75.1 cm³/mol. The van der Waals surface area contributed by atoms with E-state index in [9.17, 15) is 4.79 Å². The van der Waals surface area contributed by atoms with Crippen LogP contribution in [-0.4, -0.2) is 18.9 Å². The van der Waals surface area contributed by atoms with E-state index in [-0.39, 0.29) is 0 Å². The van der Waals surface area contributed by atoms with Gasteiger partial charge in [-0.05, 0) is 17.9 Å². The lowest BCUT2D eigenvalue weighted by Gasteiger charge is -2.30. The van der Waals surface area contributed by atoms with Crippen LogP contribution in [0.1, 0.15) is 18.4 Å². The molecule has 2 aromatic rings. The fraction of sp³-hybridized carbons (Fsp3) is 0.312. The van der Waals surface area contributed by atoms with Crippen molar-refractivity contribution in [2.24, 2.45) is 0 Å². The van der Waals surface area contributed by atoms with E-state index >= 15 is 0 Å². The maximum Gasteiger partial charge on any atom is 0.136 e. The van der Waals surface area contributed by atoms with Gasteiger partial charge in [-0.15, -0.1) is 0 Å². The molecule has 1 saturated heterocycles. The highest BCUT2D eigenvalue weighted by atomic mass is 16.1. The minimum absolute atomic E-state index is 0.393. The molecule has 18 heavy (non-hydrogen) atoms. The molecular formula is C16H17NO. The number of Topliss-reactive ketones (excluding diaryl/α,β-unsaturated/α-hetero) is 1. The van der Waals surface area contributed by atoms with Gasteiger partial charge in [0.05, 0.1) is 0 Å². The van der Waals surface area contributed by atoms with Crippen LogP contribution in [-0.2, 0) is 4.79 Å². The van der Waals surface area contributed by atoms with Gasteiger partial charge in [-0.25, -0.2) is 0 Å². The molecular weight excluding hydrogens is 222 g/mol. The van der Waals surface area contributed by atoms with E-state index < -0.39 is 0 Å². The second kappa shape index (κ2) is 4.45. The third-order valence-electron chi connectivity index (χ3n) is 3.74. The number of benzene rings is 2. The summed E-state index contributed by atoms with van der Waals surface area (Å²) in [5, 5.41) is 2.57. The Labute approximate surface area is 107 Å². The van der Waals surface area contributed by atoms with E-state index in [0.29, 0.717) is 18.6 Å². The van der Waals surface area contributed by atoms with Gasteiger partial charge in [0.2, 0.25) is 0 Å². The largest absolute Gasteiger partial charge is 0.370 e. The number of ketones is 1. The summed E-state index contributed by atoms with van der Waals surface area (Å²) in [5.41, 5.74) is 2.60. The molecule has 0 bridgehead atoms. The van der Waals surface area contributed by atoms with Gasteiger partial charge in [-0.2, -0.15) is 0 Å². The first-order chi connectivity index (χ1) is 8.75. The first-order valence-electron chi connectivity index (χ1n) is 6.51. The predicted octanol–water partition coefficient (Wildman–Crippen LogP) is 3.32. The number of hydrogen-bond acceptors (Lipinski definition) is 2. The van der Waals surface area contributed by atoms with Crippen molar-refractivity contribution in [3.63, 3.8) is 0 Å². The Morgan fingerprint density at radius 2 is 1.72 bits per heavy atom. The van der Waals surface area contributed by atoms with Gasteiger partial charge in [-0.1, -0.05) is 36.4 Å². The van der Waals surface area contributed by atoms with Gasteiger partial charge in [0.1, 0.15) is 5.78 Å². The van der Waals surface area contributed by atoms with Crippen molar-refractivity contribution in [2.45, 2.75) is 19.8 Å². The third-order valence-corrected chi connectivity index (χ3v) is 3.74. The highest BCUT2D eigenvalue weighted by molar-refractivity contribution is 5.96. The molecule has 0 spiro atoms. The smallest absolute Gasteiger partial charge is 0.136 e. The first kappa shape index (κ1) is 11.3. The average Bonchev–Trinajstić information content (AvgIpc) is 2.40. The zero-order valence-electron chi connectivity index (χ0n) is 10.6. The molecule has 0 aromatic heterocycles. The van der Waals surface area contributed by atoms with E-state index in [0.717, 1.165) is 13.1 Å². The molecule has 1 aliphatic rings. The molecule has 0 aliphatic carbocycles. The molecule has 1 aliphatic heterocycles. The molecule has 0 amide bonds. The minimum Gasteiger partial charge on any atom is -0.370 e. The lowest BCUT2D eigenvalue weighted by Crippen LogP contribution is -2.34. The third kappa shape index (κ3) is 1.88. The van der Waals surface area contributed by atoms with Crippen LogP contribution in [0.25, 0.3) is 10.8 Å². The van der Waals surface area contributed by atoms with Gasteiger partial charge >= 0.3 is 0 Å². The number of hydrogen-bond donors (Lipinski definition) is 0. The summed E-state index contributed by atoms with van der Waals surface area (Å²) in [6.45, 7) is 3.86. The lowest BCUT2D eigenvalue weighted by atomic mass is 10.0. The first-order valence-corrected chi connectivity index (χ1v) is 6.51.